The first-order chi connectivity index (χ1) is 9.65. The minimum Gasteiger partial charge on any atom is -0.457 e. The van der Waals surface area contributed by atoms with Gasteiger partial charge in [0, 0.05) is 18.5 Å². The van der Waals surface area contributed by atoms with Crippen molar-refractivity contribution in [2.24, 2.45) is 0 Å². The molecule has 0 radical (unpaired) electrons. The molecule has 2 aromatic rings. The first-order valence-corrected chi connectivity index (χ1v) is 6.66. The van der Waals surface area contributed by atoms with E-state index >= 15 is 0 Å². The lowest BCUT2D eigenvalue weighted by Gasteiger charge is -2.09. The number of Topliss-reactive ketones (excluding diaryl/α,β-unsaturated/α-hetero) is 1. The fourth-order valence-electron chi connectivity index (χ4n) is 1.83. The number of hydrogen-bond donors (Lipinski definition) is 0. The van der Waals surface area contributed by atoms with E-state index in [9.17, 15) is 4.79 Å². The van der Waals surface area contributed by atoms with Gasteiger partial charge < -0.3 is 9.64 Å². The molecule has 112 valence electrons. The number of ketones is 1. The number of hydrogen-bond acceptors (Lipinski definition) is 3. The Morgan fingerprint density at radius 1 is 1.00 bits per heavy atom. The summed E-state index contributed by atoms with van der Waals surface area (Å²) in [4.78, 5) is 14.1. The molecule has 0 bridgehead atoms. The van der Waals surface area contributed by atoms with E-state index in [2.05, 4.69) is 0 Å². The molecular weight excluding hydrogens is 286 g/mol. The van der Waals surface area contributed by atoms with Gasteiger partial charge in [-0.1, -0.05) is 30.3 Å². The average Bonchev–Trinajstić information content (AvgIpc) is 2.46. The van der Waals surface area contributed by atoms with E-state index in [1.165, 1.54) is 0 Å². The second kappa shape index (κ2) is 8.45. The van der Waals surface area contributed by atoms with Crippen LogP contribution in [-0.4, -0.2) is 31.3 Å². The summed E-state index contributed by atoms with van der Waals surface area (Å²) in [6.07, 6.45) is 0.516. The van der Waals surface area contributed by atoms with Gasteiger partial charge in [-0.15, -0.1) is 12.4 Å². The summed E-state index contributed by atoms with van der Waals surface area (Å²) >= 11 is 0. The van der Waals surface area contributed by atoms with Crippen LogP contribution >= 0.6 is 12.4 Å². The quantitative estimate of drug-likeness (QED) is 0.755. The molecule has 2 rings (SSSR count). The summed E-state index contributed by atoms with van der Waals surface area (Å²) in [6, 6.07) is 16.9. The molecule has 0 heterocycles. The molecule has 0 aliphatic carbocycles. The van der Waals surface area contributed by atoms with Crippen molar-refractivity contribution in [3.63, 3.8) is 0 Å². The Bertz CT molecular complexity index is 570. The van der Waals surface area contributed by atoms with Gasteiger partial charge in [0.15, 0.2) is 5.78 Å². The highest BCUT2D eigenvalue weighted by atomic mass is 35.5. The van der Waals surface area contributed by atoms with Gasteiger partial charge in [0.05, 0.1) is 0 Å². The fourth-order valence-corrected chi connectivity index (χ4v) is 1.83. The summed E-state index contributed by atoms with van der Waals surface area (Å²) in [5.41, 5.74) is 0.695. The minimum atomic E-state index is 0. The topological polar surface area (TPSA) is 29.5 Å². The lowest BCUT2D eigenvalue weighted by atomic mass is 10.1. The van der Waals surface area contributed by atoms with Crippen LogP contribution in [0.25, 0.3) is 0 Å². The van der Waals surface area contributed by atoms with Crippen LogP contribution in [0.5, 0.6) is 11.5 Å². The Hall–Kier alpha value is -1.84. The van der Waals surface area contributed by atoms with Crippen molar-refractivity contribution in [2.45, 2.75) is 6.42 Å². The van der Waals surface area contributed by atoms with Crippen molar-refractivity contribution in [3.05, 3.63) is 60.2 Å². The highest BCUT2D eigenvalue weighted by Crippen LogP contribution is 2.22. The molecule has 0 aliphatic rings. The molecule has 0 fully saturated rings. The molecule has 0 spiro atoms. The van der Waals surface area contributed by atoms with Crippen molar-refractivity contribution < 1.29 is 9.53 Å². The lowest BCUT2D eigenvalue weighted by molar-refractivity contribution is 0.0972. The number of carbonyl (C=O) groups is 1. The molecule has 0 amide bonds. The van der Waals surface area contributed by atoms with Gasteiger partial charge in [0.2, 0.25) is 0 Å². The Morgan fingerprint density at radius 3 is 2.33 bits per heavy atom. The molecule has 0 aromatic heterocycles. The molecule has 0 aliphatic heterocycles. The van der Waals surface area contributed by atoms with Crippen LogP contribution in [0, 0.1) is 0 Å². The second-order valence-corrected chi connectivity index (χ2v) is 4.92. The van der Waals surface area contributed by atoms with Gasteiger partial charge in [0.25, 0.3) is 0 Å². The van der Waals surface area contributed by atoms with Gasteiger partial charge >= 0.3 is 0 Å². The molecule has 0 atom stereocenters. The average molecular weight is 306 g/mol. The number of nitrogens with zero attached hydrogens (tertiary/aromatic N) is 1. The monoisotopic (exact) mass is 305 g/mol. The molecule has 3 nitrogen and oxygen atoms in total. The highest BCUT2D eigenvalue weighted by molar-refractivity contribution is 5.96. The van der Waals surface area contributed by atoms with Crippen LogP contribution < -0.4 is 4.74 Å². The Morgan fingerprint density at radius 2 is 1.67 bits per heavy atom. The molecule has 0 saturated carbocycles. The van der Waals surface area contributed by atoms with E-state index in [0.717, 1.165) is 12.3 Å². The van der Waals surface area contributed by atoms with E-state index < -0.39 is 0 Å². The predicted octanol–water partition coefficient (Wildman–Crippen LogP) is 4.04. The van der Waals surface area contributed by atoms with Gasteiger partial charge in [-0.25, -0.2) is 0 Å². The summed E-state index contributed by atoms with van der Waals surface area (Å²) in [6.45, 7) is 0.753. The molecule has 0 saturated heterocycles. The van der Waals surface area contributed by atoms with Crippen LogP contribution in [0.15, 0.2) is 54.6 Å². The first kappa shape index (κ1) is 17.2. The van der Waals surface area contributed by atoms with E-state index in [4.69, 9.17) is 4.74 Å². The zero-order valence-electron chi connectivity index (χ0n) is 12.3. The number of halogens is 1. The Labute approximate surface area is 132 Å². The Balaban J connectivity index is 0.00000220. The summed E-state index contributed by atoms with van der Waals surface area (Å²) in [5.74, 6) is 1.59. The van der Waals surface area contributed by atoms with Gasteiger partial charge in [-0.3, -0.25) is 4.79 Å². The smallest absolute Gasteiger partial charge is 0.164 e. The van der Waals surface area contributed by atoms with Crippen molar-refractivity contribution in [2.75, 3.05) is 20.6 Å². The second-order valence-electron chi connectivity index (χ2n) is 4.92. The van der Waals surface area contributed by atoms with Crippen molar-refractivity contribution in [1.82, 2.24) is 4.90 Å². The zero-order valence-corrected chi connectivity index (χ0v) is 13.1. The van der Waals surface area contributed by atoms with E-state index in [1.807, 2.05) is 67.5 Å². The van der Waals surface area contributed by atoms with Crippen LogP contribution in [0.3, 0.4) is 0 Å². The normalized spacial score (nSPS) is 10.0. The summed E-state index contributed by atoms with van der Waals surface area (Å²) in [5, 5.41) is 0. The van der Waals surface area contributed by atoms with Crippen LogP contribution in [-0.2, 0) is 0 Å². The number of rotatable bonds is 6. The maximum atomic E-state index is 12.1. The zero-order chi connectivity index (χ0) is 14.4. The van der Waals surface area contributed by atoms with Crippen LogP contribution in [0.4, 0.5) is 0 Å². The number of benzene rings is 2. The van der Waals surface area contributed by atoms with Gasteiger partial charge in [-0.05, 0) is 38.4 Å². The number of ether oxygens (including phenoxy) is 1. The maximum Gasteiger partial charge on any atom is 0.164 e. The third-order valence-electron chi connectivity index (χ3n) is 2.92. The SMILES string of the molecule is CN(C)CCC(=O)c1cccc(Oc2ccccc2)c1.Cl. The fraction of sp³-hybridized carbons (Fsp3) is 0.235. The largest absolute Gasteiger partial charge is 0.457 e. The number of para-hydroxylation sites is 1. The molecular formula is C17H20ClNO2. The van der Waals surface area contributed by atoms with E-state index in [1.54, 1.807) is 6.07 Å². The highest BCUT2D eigenvalue weighted by Gasteiger charge is 2.07. The maximum absolute atomic E-state index is 12.1. The lowest BCUT2D eigenvalue weighted by Crippen LogP contribution is -2.16. The van der Waals surface area contributed by atoms with E-state index in [-0.39, 0.29) is 18.2 Å². The third-order valence-corrected chi connectivity index (χ3v) is 2.92. The van der Waals surface area contributed by atoms with Crippen LogP contribution in [0.2, 0.25) is 0 Å². The summed E-state index contributed by atoms with van der Waals surface area (Å²) < 4.78 is 5.73. The first-order valence-electron chi connectivity index (χ1n) is 6.66. The Kier molecular flexibility index (Phi) is 6.92. The molecule has 0 unspecified atom stereocenters. The molecule has 0 N–H and O–H groups in total. The standard InChI is InChI=1S/C17H19NO2.ClH/c1-18(2)12-11-17(19)14-7-6-10-16(13-14)20-15-8-4-3-5-9-15;/h3-10,13H,11-12H2,1-2H3;1H. The van der Waals surface area contributed by atoms with Crippen LogP contribution in [0.1, 0.15) is 16.8 Å². The molecule has 4 heteroatoms. The third kappa shape index (κ3) is 5.58. The van der Waals surface area contributed by atoms with Crippen molar-refractivity contribution in [1.29, 1.82) is 0 Å². The molecule has 2 aromatic carbocycles. The van der Waals surface area contributed by atoms with Gasteiger partial charge in [0.1, 0.15) is 11.5 Å². The predicted molar refractivity (Wildman–Crippen MR) is 87.7 cm³/mol. The van der Waals surface area contributed by atoms with Crippen molar-refractivity contribution in [3.8, 4) is 11.5 Å². The van der Waals surface area contributed by atoms with Crippen molar-refractivity contribution >= 4 is 18.2 Å². The minimum absolute atomic E-state index is 0. The number of carbonyl (C=O) groups excluding carboxylic acids is 1. The van der Waals surface area contributed by atoms with E-state index in [0.29, 0.717) is 17.7 Å². The molecule has 21 heavy (non-hydrogen) atoms. The summed E-state index contributed by atoms with van der Waals surface area (Å²) in [7, 11) is 3.92. The van der Waals surface area contributed by atoms with Gasteiger partial charge in [-0.2, -0.15) is 0 Å².